The molecule has 4 heteroatoms. The van der Waals surface area contributed by atoms with Crippen molar-refractivity contribution in [2.24, 2.45) is 5.92 Å². The van der Waals surface area contributed by atoms with Crippen molar-refractivity contribution in [3.63, 3.8) is 0 Å². The van der Waals surface area contributed by atoms with Crippen molar-refractivity contribution in [2.75, 3.05) is 39.3 Å². The summed E-state index contributed by atoms with van der Waals surface area (Å²) in [5.41, 5.74) is 0.773. The molecule has 3 rings (SSSR count). The molecule has 0 N–H and O–H groups in total. The average Bonchev–Trinajstić information content (AvgIpc) is 2.57. The average molecular weight is 302 g/mol. The van der Waals surface area contributed by atoms with Gasteiger partial charge < -0.3 is 14.5 Å². The molecule has 2 saturated heterocycles. The molecule has 0 saturated carbocycles. The van der Waals surface area contributed by atoms with Crippen LogP contribution in [0, 0.1) is 5.92 Å². The van der Waals surface area contributed by atoms with E-state index in [2.05, 4.69) is 11.8 Å². The summed E-state index contributed by atoms with van der Waals surface area (Å²) in [5, 5.41) is 0. The Hall–Kier alpha value is -1.39. The molecule has 22 heavy (non-hydrogen) atoms. The van der Waals surface area contributed by atoms with Crippen molar-refractivity contribution in [3.8, 4) is 0 Å². The highest BCUT2D eigenvalue weighted by atomic mass is 16.5. The Morgan fingerprint density at radius 1 is 1.18 bits per heavy atom. The molecule has 2 aliphatic heterocycles. The molecular weight excluding hydrogens is 276 g/mol. The third-order valence-corrected chi connectivity index (χ3v) is 4.78. The zero-order valence-corrected chi connectivity index (χ0v) is 13.4. The van der Waals surface area contributed by atoms with Crippen molar-refractivity contribution < 1.29 is 9.53 Å². The summed E-state index contributed by atoms with van der Waals surface area (Å²) in [5.74, 6) is 0.973. The molecule has 2 aliphatic rings. The van der Waals surface area contributed by atoms with Gasteiger partial charge in [0.1, 0.15) is 0 Å². The van der Waals surface area contributed by atoms with Crippen molar-refractivity contribution in [1.29, 1.82) is 0 Å². The summed E-state index contributed by atoms with van der Waals surface area (Å²) in [4.78, 5) is 17.0. The van der Waals surface area contributed by atoms with Gasteiger partial charge in [0.15, 0.2) is 0 Å². The second kappa shape index (κ2) is 7.25. The minimum absolute atomic E-state index is 0.126. The Kier molecular flexibility index (Phi) is 5.11. The first-order chi connectivity index (χ1) is 10.7. The number of benzene rings is 1. The Bertz CT molecular complexity index is 483. The lowest BCUT2D eigenvalue weighted by molar-refractivity contribution is -0.0390. The monoisotopic (exact) mass is 302 g/mol. The van der Waals surface area contributed by atoms with E-state index in [0.717, 1.165) is 31.1 Å². The van der Waals surface area contributed by atoms with E-state index in [1.54, 1.807) is 0 Å². The largest absolute Gasteiger partial charge is 0.373 e. The molecule has 1 amide bonds. The Balaban J connectivity index is 1.54. The van der Waals surface area contributed by atoms with Gasteiger partial charge in [0, 0.05) is 25.2 Å². The van der Waals surface area contributed by atoms with E-state index in [1.807, 2.05) is 35.2 Å². The third-order valence-electron chi connectivity index (χ3n) is 4.78. The van der Waals surface area contributed by atoms with Crippen LogP contribution in [0.5, 0.6) is 0 Å². The van der Waals surface area contributed by atoms with Gasteiger partial charge in [-0.2, -0.15) is 0 Å². The minimum atomic E-state index is 0.126. The van der Waals surface area contributed by atoms with Crippen LogP contribution < -0.4 is 0 Å². The third kappa shape index (κ3) is 3.87. The molecule has 1 atom stereocenters. The summed E-state index contributed by atoms with van der Waals surface area (Å²) < 4.78 is 5.89. The second-order valence-electron chi connectivity index (χ2n) is 6.59. The lowest BCUT2D eigenvalue weighted by atomic mass is 9.99. The van der Waals surface area contributed by atoms with E-state index in [9.17, 15) is 4.79 Å². The fraction of sp³-hybridized carbons (Fsp3) is 0.611. The number of nitrogens with zero attached hydrogens (tertiary/aromatic N) is 2. The van der Waals surface area contributed by atoms with Gasteiger partial charge in [-0.05, 0) is 44.0 Å². The standard InChI is InChI=1S/C18H26N2O2/c1-15-7-9-19(10-8-15)13-17-14-20(11-12-22-17)18(21)16-5-3-2-4-6-16/h2-6,15,17H,7-14H2,1H3/t17-/m1/s1. The first-order valence-corrected chi connectivity index (χ1v) is 8.40. The van der Waals surface area contributed by atoms with Crippen LogP contribution in [-0.4, -0.2) is 61.1 Å². The lowest BCUT2D eigenvalue weighted by Crippen LogP contribution is -2.50. The smallest absolute Gasteiger partial charge is 0.254 e. The molecule has 0 bridgehead atoms. The molecule has 0 unspecified atom stereocenters. The molecule has 0 radical (unpaired) electrons. The fourth-order valence-corrected chi connectivity index (χ4v) is 3.31. The maximum Gasteiger partial charge on any atom is 0.254 e. The fourth-order valence-electron chi connectivity index (χ4n) is 3.31. The van der Waals surface area contributed by atoms with E-state index in [4.69, 9.17) is 4.74 Å². The summed E-state index contributed by atoms with van der Waals surface area (Å²) in [7, 11) is 0. The van der Waals surface area contributed by atoms with Crippen LogP contribution in [0.2, 0.25) is 0 Å². The molecule has 0 aromatic heterocycles. The summed E-state index contributed by atoms with van der Waals surface area (Å²) in [6.45, 7) is 7.65. The second-order valence-corrected chi connectivity index (χ2v) is 6.59. The van der Waals surface area contributed by atoms with Gasteiger partial charge in [-0.1, -0.05) is 25.1 Å². The predicted octanol–water partition coefficient (Wildman–Crippen LogP) is 2.26. The van der Waals surface area contributed by atoms with Crippen molar-refractivity contribution in [1.82, 2.24) is 9.80 Å². The van der Waals surface area contributed by atoms with Gasteiger partial charge in [-0.3, -0.25) is 4.79 Å². The number of likely N-dealkylation sites (tertiary alicyclic amines) is 1. The van der Waals surface area contributed by atoms with Crippen LogP contribution in [0.3, 0.4) is 0 Å². The number of rotatable bonds is 3. The van der Waals surface area contributed by atoms with E-state index < -0.39 is 0 Å². The summed E-state index contributed by atoms with van der Waals surface area (Å²) in [6.07, 6.45) is 2.70. The maximum atomic E-state index is 12.5. The number of ether oxygens (including phenoxy) is 1. The predicted molar refractivity (Wildman–Crippen MR) is 86.9 cm³/mol. The maximum absolute atomic E-state index is 12.5. The van der Waals surface area contributed by atoms with Gasteiger partial charge >= 0.3 is 0 Å². The molecule has 2 fully saturated rings. The molecule has 1 aromatic rings. The Morgan fingerprint density at radius 3 is 2.64 bits per heavy atom. The molecule has 0 spiro atoms. The van der Waals surface area contributed by atoms with Gasteiger partial charge in [-0.25, -0.2) is 0 Å². The number of carbonyl (C=O) groups is 1. The van der Waals surface area contributed by atoms with Gasteiger partial charge in [0.2, 0.25) is 0 Å². The van der Waals surface area contributed by atoms with Crippen LogP contribution >= 0.6 is 0 Å². The molecule has 120 valence electrons. The number of carbonyl (C=O) groups excluding carboxylic acids is 1. The number of morpholine rings is 1. The van der Waals surface area contributed by atoms with E-state index in [1.165, 1.54) is 12.8 Å². The molecule has 1 aromatic carbocycles. The van der Waals surface area contributed by atoms with Gasteiger partial charge in [-0.15, -0.1) is 0 Å². The first kappa shape index (κ1) is 15.5. The first-order valence-electron chi connectivity index (χ1n) is 8.40. The highest BCUT2D eigenvalue weighted by Crippen LogP contribution is 2.18. The van der Waals surface area contributed by atoms with Crippen molar-refractivity contribution in [2.45, 2.75) is 25.9 Å². The zero-order chi connectivity index (χ0) is 15.4. The van der Waals surface area contributed by atoms with Crippen LogP contribution in [-0.2, 0) is 4.74 Å². The summed E-state index contributed by atoms with van der Waals surface area (Å²) >= 11 is 0. The molecule has 0 aliphatic carbocycles. The van der Waals surface area contributed by atoms with Crippen LogP contribution in [0.25, 0.3) is 0 Å². The van der Waals surface area contributed by atoms with E-state index >= 15 is 0 Å². The topological polar surface area (TPSA) is 32.8 Å². The van der Waals surface area contributed by atoms with Crippen LogP contribution in [0.1, 0.15) is 30.1 Å². The highest BCUT2D eigenvalue weighted by Gasteiger charge is 2.27. The highest BCUT2D eigenvalue weighted by molar-refractivity contribution is 5.94. The van der Waals surface area contributed by atoms with Crippen molar-refractivity contribution >= 4 is 5.91 Å². The molecule has 2 heterocycles. The van der Waals surface area contributed by atoms with Gasteiger partial charge in [0.05, 0.1) is 12.7 Å². The number of hydrogen-bond acceptors (Lipinski definition) is 3. The quantitative estimate of drug-likeness (QED) is 0.858. The zero-order valence-electron chi connectivity index (χ0n) is 13.4. The number of piperidine rings is 1. The van der Waals surface area contributed by atoms with Gasteiger partial charge in [0.25, 0.3) is 5.91 Å². The SMILES string of the molecule is CC1CCN(C[C@@H]2CN(C(=O)c3ccccc3)CCO2)CC1. The van der Waals surface area contributed by atoms with E-state index in [0.29, 0.717) is 19.7 Å². The number of hydrogen-bond donors (Lipinski definition) is 0. The minimum Gasteiger partial charge on any atom is -0.373 e. The van der Waals surface area contributed by atoms with E-state index in [-0.39, 0.29) is 12.0 Å². The van der Waals surface area contributed by atoms with Crippen LogP contribution in [0.4, 0.5) is 0 Å². The summed E-state index contributed by atoms with van der Waals surface area (Å²) in [6, 6.07) is 9.55. The molecule has 4 nitrogen and oxygen atoms in total. The Labute approximate surface area is 133 Å². The normalized spacial score (nSPS) is 24.4. The van der Waals surface area contributed by atoms with Crippen molar-refractivity contribution in [3.05, 3.63) is 35.9 Å². The molecular formula is C18H26N2O2. The lowest BCUT2D eigenvalue weighted by Gasteiger charge is -2.37. The van der Waals surface area contributed by atoms with Crippen LogP contribution in [0.15, 0.2) is 30.3 Å². The Morgan fingerprint density at radius 2 is 1.91 bits per heavy atom. The number of amides is 1.